The molecule has 5 aromatic carbocycles. The molecule has 7 nitrogen and oxygen atoms in total. The molecule has 0 saturated carbocycles. The fraction of sp³-hybridized carbons (Fsp3) is 0.0526. The van der Waals surface area contributed by atoms with Crippen LogP contribution in [0.2, 0.25) is 5.02 Å². The van der Waals surface area contributed by atoms with Gasteiger partial charge in [-0.1, -0.05) is 84.4 Å². The third kappa shape index (κ3) is 9.07. The van der Waals surface area contributed by atoms with E-state index < -0.39 is 17.1 Å². The van der Waals surface area contributed by atoms with Crippen LogP contribution in [0.25, 0.3) is 6.08 Å². The summed E-state index contributed by atoms with van der Waals surface area (Å²) in [4.78, 5) is 52.6. The van der Waals surface area contributed by atoms with Crippen LogP contribution in [0.1, 0.15) is 44.0 Å². The molecule has 3 N–H and O–H groups in total. The average Bonchev–Trinajstić information content (AvgIpc) is 3.09. The summed E-state index contributed by atoms with van der Waals surface area (Å²) >= 11 is 7.68. The molecule has 9 heteroatoms. The molecule has 0 spiro atoms. The van der Waals surface area contributed by atoms with Gasteiger partial charge in [0.1, 0.15) is 10.9 Å². The maximum atomic E-state index is 13.6. The predicted molar refractivity (Wildman–Crippen MR) is 189 cm³/mol. The highest BCUT2D eigenvalue weighted by atomic mass is 35.5. The van der Waals surface area contributed by atoms with Gasteiger partial charge in [-0.05, 0) is 84.8 Å². The summed E-state index contributed by atoms with van der Waals surface area (Å²) in [6.07, 6.45) is 1.52. The first-order valence-corrected chi connectivity index (χ1v) is 15.9. The second-order valence-corrected chi connectivity index (χ2v) is 12.0. The fourth-order valence-electron chi connectivity index (χ4n) is 4.57. The molecule has 0 aliphatic heterocycles. The summed E-state index contributed by atoms with van der Waals surface area (Å²) < 4.78 is 0. The summed E-state index contributed by atoms with van der Waals surface area (Å²) in [5.74, 6) is -1.31. The van der Waals surface area contributed by atoms with Crippen LogP contribution in [0.15, 0.2) is 144 Å². The number of carbonyl (C=O) groups is 4. The first-order valence-electron chi connectivity index (χ1n) is 14.6. The summed E-state index contributed by atoms with van der Waals surface area (Å²) in [5, 5.41) is 8.33. The summed E-state index contributed by atoms with van der Waals surface area (Å²) in [6.45, 7) is 1.49. The highest BCUT2D eigenvalue weighted by Gasteiger charge is 2.23. The molecule has 1 unspecified atom stereocenters. The van der Waals surface area contributed by atoms with Crippen molar-refractivity contribution in [2.75, 3.05) is 10.6 Å². The zero-order valence-electron chi connectivity index (χ0n) is 25.3. The van der Waals surface area contributed by atoms with Crippen LogP contribution < -0.4 is 16.0 Å². The molecule has 0 radical (unpaired) electrons. The number of thioether (sulfide) groups is 1. The van der Waals surface area contributed by atoms with Gasteiger partial charge < -0.3 is 16.0 Å². The number of carbonyl (C=O) groups excluding carboxylic acids is 4. The molecule has 47 heavy (non-hydrogen) atoms. The van der Waals surface area contributed by atoms with E-state index in [9.17, 15) is 19.2 Å². The van der Waals surface area contributed by atoms with Gasteiger partial charge in [0.15, 0.2) is 5.78 Å². The number of nitrogens with one attached hydrogen (secondary N) is 3. The molecule has 0 heterocycles. The summed E-state index contributed by atoms with van der Waals surface area (Å²) in [6, 6.07) is 38.8. The molecular weight excluding hydrogens is 630 g/mol. The van der Waals surface area contributed by atoms with Crippen molar-refractivity contribution in [3.63, 3.8) is 0 Å². The Hall–Kier alpha value is -5.44. The van der Waals surface area contributed by atoms with Crippen LogP contribution in [0, 0.1) is 0 Å². The van der Waals surface area contributed by atoms with Gasteiger partial charge in [0.2, 0.25) is 5.91 Å². The fourth-order valence-corrected chi connectivity index (χ4v) is 5.84. The molecule has 0 aromatic heterocycles. The van der Waals surface area contributed by atoms with Crippen molar-refractivity contribution >= 4 is 64.3 Å². The minimum absolute atomic E-state index is 0.00217. The average molecular weight is 660 g/mol. The summed E-state index contributed by atoms with van der Waals surface area (Å²) in [5.41, 5.74) is 3.33. The Bertz CT molecular complexity index is 1930. The summed E-state index contributed by atoms with van der Waals surface area (Å²) in [7, 11) is 0. The van der Waals surface area contributed by atoms with Gasteiger partial charge in [-0.2, -0.15) is 0 Å². The van der Waals surface area contributed by atoms with Crippen LogP contribution >= 0.6 is 23.4 Å². The molecule has 0 aliphatic carbocycles. The normalized spacial score (nSPS) is 11.7. The number of hydrogen-bond donors (Lipinski definition) is 3. The van der Waals surface area contributed by atoms with Crippen molar-refractivity contribution in [2.45, 2.75) is 17.1 Å². The minimum Gasteiger partial charge on any atom is -0.325 e. The van der Waals surface area contributed by atoms with E-state index in [2.05, 4.69) is 16.0 Å². The Morgan fingerprint density at radius 3 is 2.02 bits per heavy atom. The molecule has 5 rings (SSSR count). The van der Waals surface area contributed by atoms with E-state index in [4.69, 9.17) is 11.6 Å². The van der Waals surface area contributed by atoms with Crippen LogP contribution in [0.5, 0.6) is 0 Å². The van der Waals surface area contributed by atoms with Gasteiger partial charge in [-0.3, -0.25) is 19.2 Å². The molecule has 0 fully saturated rings. The predicted octanol–water partition coefficient (Wildman–Crippen LogP) is 8.42. The Balaban J connectivity index is 1.37. The smallest absolute Gasteiger partial charge is 0.272 e. The lowest BCUT2D eigenvalue weighted by Crippen LogP contribution is -2.30. The number of amides is 3. The number of halogens is 1. The highest BCUT2D eigenvalue weighted by molar-refractivity contribution is 8.00. The van der Waals surface area contributed by atoms with E-state index in [1.807, 2.05) is 36.4 Å². The highest BCUT2D eigenvalue weighted by Crippen LogP contribution is 2.37. The number of ketones is 1. The third-order valence-electron chi connectivity index (χ3n) is 6.98. The van der Waals surface area contributed by atoms with E-state index in [1.165, 1.54) is 24.8 Å². The lowest BCUT2D eigenvalue weighted by molar-refractivity contribution is -0.116. The third-order valence-corrected chi connectivity index (χ3v) is 8.57. The number of rotatable bonds is 11. The maximum Gasteiger partial charge on any atom is 0.272 e. The Kier molecular flexibility index (Phi) is 11.0. The number of Topliss-reactive ketones (excluding diaryl/α,β-unsaturated/α-hetero) is 1. The van der Waals surface area contributed by atoms with E-state index in [-0.39, 0.29) is 17.4 Å². The van der Waals surface area contributed by atoms with Crippen molar-refractivity contribution in [1.82, 2.24) is 5.32 Å². The second kappa shape index (κ2) is 15.7. The molecule has 5 aromatic rings. The van der Waals surface area contributed by atoms with E-state index >= 15 is 0 Å². The second-order valence-electron chi connectivity index (χ2n) is 10.4. The van der Waals surface area contributed by atoms with Crippen LogP contribution in [-0.2, 0) is 9.59 Å². The Labute approximate surface area is 282 Å². The number of benzene rings is 5. The molecule has 234 valence electrons. The maximum absolute atomic E-state index is 13.6. The first kappa shape index (κ1) is 32.9. The van der Waals surface area contributed by atoms with E-state index in [0.29, 0.717) is 33.1 Å². The van der Waals surface area contributed by atoms with Crippen molar-refractivity contribution in [3.05, 3.63) is 166 Å². The quantitative estimate of drug-likeness (QED) is 0.0750. The van der Waals surface area contributed by atoms with Crippen molar-refractivity contribution < 1.29 is 19.2 Å². The molecule has 3 amide bonds. The van der Waals surface area contributed by atoms with Crippen LogP contribution in [-0.4, -0.2) is 23.5 Å². The molecule has 0 aliphatic rings. The Morgan fingerprint density at radius 2 is 1.34 bits per heavy atom. The zero-order valence-corrected chi connectivity index (χ0v) is 26.8. The van der Waals surface area contributed by atoms with Crippen LogP contribution in [0.4, 0.5) is 11.4 Å². The topological polar surface area (TPSA) is 104 Å². The standard InChI is InChI=1S/C38H30ClN3O4S/c1-25(43)26-19-21-30(22-20-26)40-38(46)35(27-11-4-2-5-12-27)47-32-17-10-16-31(24-32)41-37(45)34(23-29-15-8-9-18-33(29)39)42-36(44)28-13-6-3-7-14-28/h2-24,35H,1H3,(H,40,46)(H,41,45)(H,42,44)/b34-23+. The largest absolute Gasteiger partial charge is 0.325 e. The molecule has 0 bridgehead atoms. The van der Waals surface area contributed by atoms with Crippen molar-refractivity contribution in [1.29, 1.82) is 0 Å². The van der Waals surface area contributed by atoms with E-state index in [0.717, 1.165) is 10.5 Å². The number of anilines is 2. The first-order chi connectivity index (χ1) is 22.8. The molecular formula is C38H30ClN3O4S. The molecule has 0 saturated heterocycles. The van der Waals surface area contributed by atoms with Gasteiger partial charge in [0.25, 0.3) is 11.8 Å². The minimum atomic E-state index is -0.629. The SMILES string of the molecule is CC(=O)c1ccc(NC(=O)C(Sc2cccc(NC(=O)/C(=C\c3ccccc3Cl)NC(=O)c3ccccc3)c2)c2ccccc2)cc1. The van der Waals surface area contributed by atoms with Gasteiger partial charge in [0.05, 0.1) is 0 Å². The Morgan fingerprint density at radius 1 is 0.681 bits per heavy atom. The van der Waals surface area contributed by atoms with Crippen molar-refractivity contribution in [2.24, 2.45) is 0 Å². The molecule has 1 atom stereocenters. The van der Waals surface area contributed by atoms with Gasteiger partial charge in [0, 0.05) is 32.4 Å². The number of hydrogen-bond acceptors (Lipinski definition) is 5. The zero-order chi connectivity index (χ0) is 33.2. The lowest BCUT2D eigenvalue weighted by Gasteiger charge is -2.18. The van der Waals surface area contributed by atoms with Crippen molar-refractivity contribution in [3.8, 4) is 0 Å². The van der Waals surface area contributed by atoms with Crippen LogP contribution in [0.3, 0.4) is 0 Å². The lowest BCUT2D eigenvalue weighted by atomic mass is 10.1. The van der Waals surface area contributed by atoms with Gasteiger partial charge >= 0.3 is 0 Å². The van der Waals surface area contributed by atoms with Gasteiger partial charge in [-0.15, -0.1) is 11.8 Å². The monoisotopic (exact) mass is 659 g/mol. The van der Waals surface area contributed by atoms with E-state index in [1.54, 1.807) is 97.1 Å². The van der Waals surface area contributed by atoms with Gasteiger partial charge in [-0.25, -0.2) is 0 Å².